The summed E-state index contributed by atoms with van der Waals surface area (Å²) in [5.41, 5.74) is -0.347. The number of nitrogens with zero attached hydrogens (tertiary/aromatic N) is 1. The van der Waals surface area contributed by atoms with Crippen molar-refractivity contribution in [1.29, 1.82) is 0 Å². The monoisotopic (exact) mass is 395 g/mol. The van der Waals surface area contributed by atoms with E-state index < -0.39 is 6.04 Å². The van der Waals surface area contributed by atoms with Crippen molar-refractivity contribution < 1.29 is 14.3 Å². The van der Waals surface area contributed by atoms with Gasteiger partial charge in [-0.1, -0.05) is 33.6 Å². The van der Waals surface area contributed by atoms with E-state index in [2.05, 4.69) is 29.4 Å². The van der Waals surface area contributed by atoms with E-state index in [4.69, 9.17) is 4.74 Å². The van der Waals surface area contributed by atoms with Gasteiger partial charge in [-0.2, -0.15) is 0 Å². The molecule has 6 heteroatoms. The second-order valence-corrected chi connectivity index (χ2v) is 8.67. The van der Waals surface area contributed by atoms with Gasteiger partial charge in [0.15, 0.2) is 0 Å². The molecule has 2 atom stereocenters. The number of likely N-dealkylation sites (tertiary alicyclic amines) is 1. The minimum atomic E-state index is -0.452. The highest BCUT2D eigenvalue weighted by molar-refractivity contribution is 5.90. The molecule has 2 N–H and O–H groups in total. The Hall–Kier alpha value is -1.14. The maximum Gasteiger partial charge on any atom is 0.242 e. The van der Waals surface area contributed by atoms with Crippen molar-refractivity contribution in [3.05, 3.63) is 0 Å². The Morgan fingerprint density at radius 3 is 2.50 bits per heavy atom. The molecule has 0 saturated carbocycles. The quantitative estimate of drug-likeness (QED) is 0.768. The van der Waals surface area contributed by atoms with Crippen LogP contribution in [0.3, 0.4) is 0 Å². The van der Waals surface area contributed by atoms with Crippen LogP contribution in [-0.2, 0) is 14.3 Å². The summed E-state index contributed by atoms with van der Waals surface area (Å²) >= 11 is 0. The molecule has 0 aromatic carbocycles. The lowest BCUT2D eigenvalue weighted by Crippen LogP contribution is -2.56. The topological polar surface area (TPSA) is 70.7 Å². The summed E-state index contributed by atoms with van der Waals surface area (Å²) in [6.07, 6.45) is 7.46. The van der Waals surface area contributed by atoms with Gasteiger partial charge in [-0.3, -0.25) is 9.59 Å². The van der Waals surface area contributed by atoms with Gasteiger partial charge in [0, 0.05) is 19.8 Å². The van der Waals surface area contributed by atoms with Gasteiger partial charge in [0.25, 0.3) is 0 Å². The number of rotatable bonds is 4. The first-order valence-corrected chi connectivity index (χ1v) is 11.4. The zero-order chi connectivity index (χ0) is 20.4. The molecule has 6 nitrogen and oxygen atoms in total. The Bertz CT molecular complexity index is 489. The number of nitrogens with one attached hydrogen (secondary N) is 2. The first-order chi connectivity index (χ1) is 13.5. The molecule has 2 heterocycles. The van der Waals surface area contributed by atoms with E-state index in [0.717, 1.165) is 77.6 Å². The standard InChI is InChI=1S/C22H41N3O3/c1-4-13-25-14-10-22(11-15-25)9-6-7-16-28-17-8-12-23-20(26)19(18(3)5-2)24-21(22)27/h18-19H,4-17H2,1-3H3,(H,23,26)(H,24,27)/t18-,19-/m0/s1. The van der Waals surface area contributed by atoms with E-state index in [-0.39, 0.29) is 23.1 Å². The normalized spacial score (nSPS) is 26.9. The molecule has 1 spiro atoms. The summed E-state index contributed by atoms with van der Waals surface area (Å²) in [4.78, 5) is 28.7. The molecule has 0 unspecified atom stereocenters. The van der Waals surface area contributed by atoms with E-state index in [1.54, 1.807) is 0 Å². The molecule has 0 aliphatic carbocycles. The lowest BCUT2D eigenvalue weighted by molar-refractivity contribution is -0.139. The van der Waals surface area contributed by atoms with Crippen LogP contribution in [0, 0.1) is 11.3 Å². The van der Waals surface area contributed by atoms with Crippen molar-refractivity contribution >= 4 is 11.8 Å². The van der Waals surface area contributed by atoms with E-state index in [0.29, 0.717) is 13.2 Å². The first kappa shape index (κ1) is 23.1. The highest BCUT2D eigenvalue weighted by Crippen LogP contribution is 2.37. The molecule has 0 bridgehead atoms. The molecule has 2 aliphatic heterocycles. The fourth-order valence-corrected chi connectivity index (χ4v) is 4.37. The van der Waals surface area contributed by atoms with Gasteiger partial charge in [0.2, 0.25) is 11.8 Å². The van der Waals surface area contributed by atoms with Crippen LogP contribution in [-0.4, -0.2) is 62.1 Å². The summed E-state index contributed by atoms with van der Waals surface area (Å²) in [7, 11) is 0. The van der Waals surface area contributed by atoms with Crippen LogP contribution in [0.5, 0.6) is 0 Å². The number of carbonyl (C=O) groups is 2. The average molecular weight is 396 g/mol. The second-order valence-electron chi connectivity index (χ2n) is 8.67. The number of amides is 2. The zero-order valence-electron chi connectivity index (χ0n) is 18.2. The summed E-state index contributed by atoms with van der Waals surface area (Å²) < 4.78 is 5.70. The van der Waals surface area contributed by atoms with Gasteiger partial charge in [-0.15, -0.1) is 0 Å². The molecule has 2 rings (SSSR count). The van der Waals surface area contributed by atoms with Gasteiger partial charge >= 0.3 is 0 Å². The van der Waals surface area contributed by atoms with Gasteiger partial charge < -0.3 is 20.3 Å². The van der Waals surface area contributed by atoms with Crippen LogP contribution in [0.1, 0.15) is 72.1 Å². The lowest BCUT2D eigenvalue weighted by atomic mass is 9.73. The smallest absolute Gasteiger partial charge is 0.242 e. The molecular formula is C22H41N3O3. The molecule has 2 saturated heterocycles. The van der Waals surface area contributed by atoms with Crippen molar-refractivity contribution in [1.82, 2.24) is 15.5 Å². The van der Waals surface area contributed by atoms with Crippen LogP contribution >= 0.6 is 0 Å². The third-order valence-electron chi connectivity index (χ3n) is 6.58. The molecule has 162 valence electrons. The maximum atomic E-state index is 13.5. The van der Waals surface area contributed by atoms with Gasteiger partial charge in [0.05, 0.1) is 5.41 Å². The van der Waals surface area contributed by atoms with Crippen molar-refractivity contribution in [3.8, 4) is 0 Å². The van der Waals surface area contributed by atoms with Crippen LogP contribution < -0.4 is 10.6 Å². The Morgan fingerprint density at radius 1 is 1.11 bits per heavy atom. The van der Waals surface area contributed by atoms with Crippen LogP contribution in [0.4, 0.5) is 0 Å². The molecular weight excluding hydrogens is 354 g/mol. The summed E-state index contributed by atoms with van der Waals surface area (Å²) in [5.74, 6) is 0.144. The highest BCUT2D eigenvalue weighted by atomic mass is 16.5. The van der Waals surface area contributed by atoms with Gasteiger partial charge in [0.1, 0.15) is 6.04 Å². The average Bonchev–Trinajstić information content (AvgIpc) is 2.70. The van der Waals surface area contributed by atoms with Crippen molar-refractivity contribution in [2.45, 2.75) is 78.2 Å². The van der Waals surface area contributed by atoms with Crippen LogP contribution in [0.2, 0.25) is 0 Å². The van der Waals surface area contributed by atoms with Crippen molar-refractivity contribution in [2.24, 2.45) is 11.3 Å². The first-order valence-electron chi connectivity index (χ1n) is 11.4. The predicted molar refractivity (Wildman–Crippen MR) is 112 cm³/mol. The fraction of sp³-hybridized carbons (Fsp3) is 0.909. The molecule has 2 fully saturated rings. The SMILES string of the molecule is CCCN1CCC2(CCCCOCCCNC(=O)[C@H]([C@@H](C)CC)NC2=O)CC1. The predicted octanol–water partition coefficient (Wildman–Crippen LogP) is 2.72. The summed E-state index contributed by atoms with van der Waals surface area (Å²) in [6.45, 7) is 11.4. The van der Waals surface area contributed by atoms with Gasteiger partial charge in [-0.05, 0) is 64.1 Å². The fourth-order valence-electron chi connectivity index (χ4n) is 4.37. The molecule has 0 aromatic heterocycles. The van der Waals surface area contributed by atoms with Crippen molar-refractivity contribution in [2.75, 3.05) is 39.4 Å². The largest absolute Gasteiger partial charge is 0.381 e. The molecule has 2 aliphatic rings. The van der Waals surface area contributed by atoms with E-state index >= 15 is 0 Å². The molecule has 28 heavy (non-hydrogen) atoms. The Balaban J connectivity index is 2.15. The number of piperidine rings is 1. The third kappa shape index (κ3) is 6.45. The van der Waals surface area contributed by atoms with Gasteiger partial charge in [-0.25, -0.2) is 0 Å². The van der Waals surface area contributed by atoms with E-state index in [1.807, 2.05) is 6.92 Å². The highest BCUT2D eigenvalue weighted by Gasteiger charge is 2.42. The molecule has 0 aromatic rings. The number of hydrogen-bond donors (Lipinski definition) is 2. The Morgan fingerprint density at radius 2 is 1.82 bits per heavy atom. The zero-order valence-corrected chi connectivity index (χ0v) is 18.2. The van der Waals surface area contributed by atoms with Crippen molar-refractivity contribution in [3.63, 3.8) is 0 Å². The number of hydrogen-bond acceptors (Lipinski definition) is 4. The lowest BCUT2D eigenvalue weighted by Gasteiger charge is -2.42. The second kappa shape index (κ2) is 11.8. The summed E-state index contributed by atoms with van der Waals surface area (Å²) in [5, 5.41) is 6.17. The van der Waals surface area contributed by atoms with E-state index in [9.17, 15) is 9.59 Å². The molecule has 2 amide bonds. The maximum absolute atomic E-state index is 13.5. The Kier molecular flexibility index (Phi) is 9.72. The van der Waals surface area contributed by atoms with E-state index in [1.165, 1.54) is 0 Å². The number of carbonyl (C=O) groups excluding carboxylic acids is 2. The Labute approximate surface area is 171 Å². The van der Waals surface area contributed by atoms with Crippen LogP contribution in [0.25, 0.3) is 0 Å². The minimum Gasteiger partial charge on any atom is -0.381 e. The minimum absolute atomic E-state index is 0.0571. The molecule has 0 radical (unpaired) electrons. The summed E-state index contributed by atoms with van der Waals surface area (Å²) in [6, 6.07) is -0.452. The van der Waals surface area contributed by atoms with Crippen LogP contribution in [0.15, 0.2) is 0 Å². The number of ether oxygens (including phenoxy) is 1. The third-order valence-corrected chi connectivity index (χ3v) is 6.58.